The topological polar surface area (TPSA) is 24.1 Å². The molecular formula is C44H56N2. The molecule has 2 atom stereocenters. The van der Waals surface area contributed by atoms with Crippen LogP contribution in [0.25, 0.3) is 11.1 Å². The van der Waals surface area contributed by atoms with E-state index in [0.29, 0.717) is 5.92 Å². The van der Waals surface area contributed by atoms with Gasteiger partial charge < -0.3 is 10.6 Å². The summed E-state index contributed by atoms with van der Waals surface area (Å²) >= 11 is 0. The van der Waals surface area contributed by atoms with E-state index in [4.69, 9.17) is 0 Å². The molecule has 1 saturated carbocycles. The largest absolute Gasteiger partial charge is 0.356 e. The Labute approximate surface area is 279 Å². The van der Waals surface area contributed by atoms with Gasteiger partial charge in [-0.2, -0.15) is 0 Å². The fourth-order valence-corrected chi connectivity index (χ4v) is 9.01. The van der Waals surface area contributed by atoms with Gasteiger partial charge >= 0.3 is 0 Å². The molecule has 1 spiro atoms. The van der Waals surface area contributed by atoms with Crippen LogP contribution in [0.3, 0.4) is 0 Å². The van der Waals surface area contributed by atoms with Crippen molar-refractivity contribution in [3.05, 3.63) is 107 Å². The molecule has 4 aromatic carbocycles. The molecule has 2 heteroatoms. The van der Waals surface area contributed by atoms with Crippen molar-refractivity contribution >= 4 is 22.7 Å². The van der Waals surface area contributed by atoms with Crippen molar-refractivity contribution in [1.29, 1.82) is 0 Å². The second kappa shape index (κ2) is 14.1. The van der Waals surface area contributed by atoms with Gasteiger partial charge in [-0.25, -0.2) is 0 Å². The lowest BCUT2D eigenvalue weighted by molar-refractivity contribution is 0.397. The maximum atomic E-state index is 3.78. The molecule has 6 rings (SSSR count). The summed E-state index contributed by atoms with van der Waals surface area (Å²) in [6, 6.07) is 32.0. The molecule has 2 aliphatic rings. The van der Waals surface area contributed by atoms with Gasteiger partial charge in [0.2, 0.25) is 0 Å². The van der Waals surface area contributed by atoms with Gasteiger partial charge in [0.25, 0.3) is 0 Å². The second-order valence-electron chi connectivity index (χ2n) is 14.7. The molecular weight excluding hydrogens is 556 g/mol. The monoisotopic (exact) mass is 612 g/mol. The van der Waals surface area contributed by atoms with Crippen LogP contribution in [0.15, 0.2) is 84.9 Å². The third kappa shape index (κ3) is 6.25. The molecule has 2 unspecified atom stereocenters. The number of nitrogens with one attached hydrogen (secondary N) is 2. The third-order valence-electron chi connectivity index (χ3n) is 11.3. The number of unbranched alkanes of at least 4 members (excludes halogenated alkanes) is 8. The molecule has 1 fully saturated rings. The Hall–Kier alpha value is -3.52. The van der Waals surface area contributed by atoms with Crippen molar-refractivity contribution in [3.8, 4) is 11.1 Å². The van der Waals surface area contributed by atoms with E-state index in [9.17, 15) is 0 Å². The van der Waals surface area contributed by atoms with Gasteiger partial charge in [-0.15, -0.1) is 0 Å². The van der Waals surface area contributed by atoms with Crippen LogP contribution in [-0.2, 0) is 5.41 Å². The van der Waals surface area contributed by atoms with E-state index >= 15 is 0 Å². The Morgan fingerprint density at radius 1 is 0.543 bits per heavy atom. The van der Waals surface area contributed by atoms with Crippen LogP contribution in [0.5, 0.6) is 0 Å². The molecule has 0 heterocycles. The van der Waals surface area contributed by atoms with Gasteiger partial charge in [0, 0.05) is 28.2 Å². The average molecular weight is 613 g/mol. The van der Waals surface area contributed by atoms with Crippen molar-refractivity contribution < 1.29 is 0 Å². The first-order valence-electron chi connectivity index (χ1n) is 18.4. The van der Waals surface area contributed by atoms with Crippen LogP contribution in [0.1, 0.15) is 120 Å². The summed E-state index contributed by atoms with van der Waals surface area (Å²) in [5, 5.41) is 7.56. The average Bonchev–Trinajstić information content (AvgIpc) is 3.44. The van der Waals surface area contributed by atoms with Gasteiger partial charge in [0.1, 0.15) is 0 Å². The molecule has 0 radical (unpaired) electrons. The van der Waals surface area contributed by atoms with Crippen LogP contribution in [0.4, 0.5) is 22.7 Å². The van der Waals surface area contributed by atoms with Gasteiger partial charge in [-0.3, -0.25) is 0 Å². The highest BCUT2D eigenvalue weighted by Crippen LogP contribution is 2.80. The number of anilines is 4. The van der Waals surface area contributed by atoms with Crippen molar-refractivity contribution in [2.45, 2.75) is 117 Å². The van der Waals surface area contributed by atoms with E-state index in [0.717, 1.165) is 11.4 Å². The summed E-state index contributed by atoms with van der Waals surface area (Å²) in [4.78, 5) is 0. The summed E-state index contributed by atoms with van der Waals surface area (Å²) in [7, 11) is 0. The Kier molecular flexibility index (Phi) is 9.92. The summed E-state index contributed by atoms with van der Waals surface area (Å²) in [5.74, 6) is 0.663. The summed E-state index contributed by atoms with van der Waals surface area (Å²) < 4.78 is 0. The Morgan fingerprint density at radius 2 is 1.02 bits per heavy atom. The fraction of sp³-hybridized carbons (Fsp3) is 0.455. The van der Waals surface area contributed by atoms with Crippen molar-refractivity contribution in [2.75, 3.05) is 10.6 Å². The lowest BCUT2D eigenvalue weighted by Gasteiger charge is -2.22. The summed E-state index contributed by atoms with van der Waals surface area (Å²) in [5.41, 5.74) is 13.6. The molecule has 0 aliphatic heterocycles. The quantitative estimate of drug-likeness (QED) is 0.123. The van der Waals surface area contributed by atoms with Gasteiger partial charge in [-0.1, -0.05) is 121 Å². The van der Waals surface area contributed by atoms with E-state index in [1.807, 2.05) is 0 Å². The predicted molar refractivity (Wildman–Crippen MR) is 200 cm³/mol. The second-order valence-corrected chi connectivity index (χ2v) is 14.7. The molecule has 0 bridgehead atoms. The molecule has 2 aliphatic carbocycles. The molecule has 0 amide bonds. The minimum absolute atomic E-state index is 0.0573. The standard InChI is InChI=1S/C44H56N2/c1-6-8-10-12-14-22-42-43(5,27-15-13-11-9-7-2)44(42)40-30-36(45-34-20-16-18-32(3)28-34)23-25-38(40)39-26-24-37(31-41(39)44)46-35-21-17-19-33(4)29-35/h16-21,23-26,28-31,42,45-46H,6-15,22,27H2,1-5H3. The molecule has 0 aromatic heterocycles. The lowest BCUT2D eigenvalue weighted by atomic mass is 9.81. The minimum atomic E-state index is 0.0573. The van der Waals surface area contributed by atoms with E-state index in [-0.39, 0.29) is 10.8 Å². The molecule has 242 valence electrons. The minimum Gasteiger partial charge on any atom is -0.356 e. The van der Waals surface area contributed by atoms with E-state index in [1.165, 1.54) is 111 Å². The predicted octanol–water partition coefficient (Wildman–Crippen LogP) is 13.4. The molecule has 2 nitrogen and oxygen atoms in total. The van der Waals surface area contributed by atoms with Crippen molar-refractivity contribution in [1.82, 2.24) is 0 Å². The normalized spacial score (nSPS) is 18.8. The molecule has 0 saturated heterocycles. The van der Waals surface area contributed by atoms with Crippen LogP contribution < -0.4 is 10.6 Å². The fourth-order valence-electron chi connectivity index (χ4n) is 9.01. The van der Waals surface area contributed by atoms with Gasteiger partial charge in [0.05, 0.1) is 0 Å². The maximum Gasteiger partial charge on any atom is 0.0387 e. The van der Waals surface area contributed by atoms with E-state index in [1.54, 1.807) is 11.1 Å². The number of benzene rings is 4. The highest BCUT2D eigenvalue weighted by atomic mass is 14.9. The van der Waals surface area contributed by atoms with Gasteiger partial charge in [-0.05, 0) is 120 Å². The zero-order valence-corrected chi connectivity index (χ0v) is 29.1. The van der Waals surface area contributed by atoms with Crippen molar-refractivity contribution in [2.24, 2.45) is 11.3 Å². The first-order chi connectivity index (χ1) is 22.4. The highest BCUT2D eigenvalue weighted by molar-refractivity contribution is 5.88. The van der Waals surface area contributed by atoms with Gasteiger partial charge in [0.15, 0.2) is 0 Å². The van der Waals surface area contributed by atoms with Crippen LogP contribution in [-0.4, -0.2) is 0 Å². The van der Waals surface area contributed by atoms with Crippen LogP contribution in [0.2, 0.25) is 0 Å². The first-order valence-corrected chi connectivity index (χ1v) is 18.4. The molecule has 2 N–H and O–H groups in total. The Morgan fingerprint density at radius 3 is 1.52 bits per heavy atom. The maximum absolute atomic E-state index is 3.78. The number of rotatable bonds is 16. The lowest BCUT2D eigenvalue weighted by Crippen LogP contribution is -2.16. The van der Waals surface area contributed by atoms with Crippen molar-refractivity contribution in [3.63, 3.8) is 0 Å². The van der Waals surface area contributed by atoms with Crippen LogP contribution in [0, 0.1) is 25.2 Å². The molecule has 4 aromatic rings. The smallest absolute Gasteiger partial charge is 0.0387 e. The number of fused-ring (bicyclic) bond motifs is 5. The summed E-state index contributed by atoms with van der Waals surface area (Å²) in [6.07, 6.45) is 16.1. The summed E-state index contributed by atoms with van der Waals surface area (Å²) in [6.45, 7) is 11.6. The first kappa shape index (κ1) is 32.4. The number of hydrogen-bond donors (Lipinski definition) is 2. The van der Waals surface area contributed by atoms with E-state index in [2.05, 4.69) is 130 Å². The zero-order chi connectivity index (χ0) is 32.1. The van der Waals surface area contributed by atoms with Crippen LogP contribution >= 0.6 is 0 Å². The highest BCUT2D eigenvalue weighted by Gasteiger charge is 2.75. The SMILES string of the molecule is CCCCCCCC1C(C)(CCCCCCC)C12c1cc(Nc3cccc(C)c3)ccc1-c1ccc(Nc3cccc(C)c3)cc12. The molecule has 46 heavy (non-hydrogen) atoms. The number of hydrogen-bond acceptors (Lipinski definition) is 2. The Bertz CT molecular complexity index is 1540. The Balaban J connectivity index is 1.41. The third-order valence-corrected chi connectivity index (χ3v) is 11.3. The number of aryl methyl sites for hydroxylation is 2. The zero-order valence-electron chi connectivity index (χ0n) is 29.1. The van der Waals surface area contributed by atoms with E-state index < -0.39 is 0 Å².